The number of hydrogen-bond donors (Lipinski definition) is 0. The molecule has 0 aliphatic carbocycles. The van der Waals surface area contributed by atoms with Crippen LogP contribution in [0.4, 0.5) is 0 Å². The zero-order chi connectivity index (χ0) is 13.7. The lowest BCUT2D eigenvalue weighted by Crippen LogP contribution is -2.15. The van der Waals surface area contributed by atoms with Crippen molar-refractivity contribution in [1.82, 2.24) is 14.9 Å². The van der Waals surface area contributed by atoms with Crippen molar-refractivity contribution in [2.24, 2.45) is 0 Å². The summed E-state index contributed by atoms with van der Waals surface area (Å²) in [4.78, 5) is 10.2. The summed E-state index contributed by atoms with van der Waals surface area (Å²) in [6, 6.07) is 3.73. The molecule has 101 valence electrons. The molecule has 2 aromatic rings. The van der Waals surface area contributed by atoms with Crippen LogP contribution in [0.1, 0.15) is 6.42 Å². The van der Waals surface area contributed by atoms with Crippen molar-refractivity contribution in [3.8, 4) is 11.5 Å². The molecule has 0 amide bonds. The van der Waals surface area contributed by atoms with Crippen LogP contribution in [0.3, 0.4) is 0 Å². The third-order valence-corrected chi connectivity index (χ3v) is 2.72. The van der Waals surface area contributed by atoms with Gasteiger partial charge in [0.1, 0.15) is 29.5 Å². The normalized spacial score (nSPS) is 10.9. The maximum absolute atomic E-state index is 5.72. The lowest BCUT2D eigenvalue weighted by molar-refractivity contribution is 0.280. The maximum Gasteiger partial charge on any atom is 0.148 e. The predicted molar refractivity (Wildman–Crippen MR) is 73.6 cm³/mol. The van der Waals surface area contributed by atoms with Gasteiger partial charge in [0.15, 0.2) is 0 Å². The largest absolute Gasteiger partial charge is 0.494 e. The van der Waals surface area contributed by atoms with E-state index in [2.05, 4.69) is 21.1 Å². The summed E-state index contributed by atoms with van der Waals surface area (Å²) >= 11 is 0. The number of aromatic nitrogens is 2. The summed E-state index contributed by atoms with van der Waals surface area (Å²) in [7, 11) is 5.71. The van der Waals surface area contributed by atoms with Crippen molar-refractivity contribution in [1.29, 1.82) is 0 Å². The van der Waals surface area contributed by atoms with Gasteiger partial charge in [0, 0.05) is 18.0 Å². The summed E-state index contributed by atoms with van der Waals surface area (Å²) in [5, 5.41) is 0.796. The van der Waals surface area contributed by atoms with Gasteiger partial charge >= 0.3 is 0 Å². The highest BCUT2D eigenvalue weighted by molar-refractivity contribution is 5.84. The first-order valence-corrected chi connectivity index (χ1v) is 6.18. The van der Waals surface area contributed by atoms with Crippen molar-refractivity contribution in [3.05, 3.63) is 24.7 Å². The van der Waals surface area contributed by atoms with Crippen LogP contribution in [-0.2, 0) is 0 Å². The highest BCUT2D eigenvalue weighted by atomic mass is 16.5. The fourth-order valence-corrected chi connectivity index (χ4v) is 1.80. The Labute approximate surface area is 113 Å². The molecule has 19 heavy (non-hydrogen) atoms. The summed E-state index contributed by atoms with van der Waals surface area (Å²) < 4.78 is 11.0. The van der Waals surface area contributed by atoms with Crippen molar-refractivity contribution in [3.63, 3.8) is 0 Å². The molecule has 0 saturated heterocycles. The predicted octanol–water partition coefficient (Wildman–Crippen LogP) is 1.77. The van der Waals surface area contributed by atoms with Crippen LogP contribution in [0.5, 0.6) is 11.5 Å². The molecule has 1 radical (unpaired) electrons. The molecule has 0 saturated carbocycles. The van der Waals surface area contributed by atoms with Gasteiger partial charge in [0.2, 0.25) is 0 Å². The molecule has 1 aromatic carbocycles. The first kappa shape index (κ1) is 13.5. The van der Waals surface area contributed by atoms with Crippen LogP contribution in [0.2, 0.25) is 0 Å². The molecule has 1 aromatic heterocycles. The number of methoxy groups -OCH3 is 1. The first-order valence-electron chi connectivity index (χ1n) is 6.18. The molecule has 0 atom stereocenters. The Kier molecular flexibility index (Phi) is 4.52. The SMILES string of the molecule is COc1cc(OCCCN(C)C)cc2[c]ncnc12. The Balaban J connectivity index is 2.11. The Morgan fingerprint density at radius 1 is 1.32 bits per heavy atom. The zero-order valence-corrected chi connectivity index (χ0v) is 11.5. The first-order chi connectivity index (χ1) is 9.20. The quantitative estimate of drug-likeness (QED) is 0.741. The Morgan fingerprint density at radius 2 is 2.16 bits per heavy atom. The summed E-state index contributed by atoms with van der Waals surface area (Å²) in [5.74, 6) is 1.44. The highest BCUT2D eigenvalue weighted by Gasteiger charge is 2.07. The van der Waals surface area contributed by atoms with Crippen LogP contribution >= 0.6 is 0 Å². The lowest BCUT2D eigenvalue weighted by atomic mass is 10.2. The number of rotatable bonds is 6. The second-order valence-electron chi connectivity index (χ2n) is 4.51. The molecule has 5 nitrogen and oxygen atoms in total. The van der Waals surface area contributed by atoms with Crippen molar-refractivity contribution in [2.75, 3.05) is 34.4 Å². The minimum Gasteiger partial charge on any atom is -0.494 e. The summed E-state index contributed by atoms with van der Waals surface area (Å²) in [6.07, 6.45) is 5.33. The van der Waals surface area contributed by atoms with Crippen LogP contribution in [0.15, 0.2) is 18.5 Å². The fraction of sp³-hybridized carbons (Fsp3) is 0.429. The van der Waals surface area contributed by atoms with Crippen LogP contribution in [0, 0.1) is 6.20 Å². The van der Waals surface area contributed by atoms with E-state index in [0.29, 0.717) is 12.4 Å². The van der Waals surface area contributed by atoms with E-state index < -0.39 is 0 Å². The molecule has 0 fully saturated rings. The number of nitrogens with zero attached hydrogens (tertiary/aromatic N) is 3. The van der Waals surface area contributed by atoms with Gasteiger partial charge in [-0.2, -0.15) is 0 Å². The van der Waals surface area contributed by atoms with E-state index in [9.17, 15) is 0 Å². The van der Waals surface area contributed by atoms with Crippen LogP contribution < -0.4 is 9.47 Å². The molecule has 2 rings (SSSR count). The van der Waals surface area contributed by atoms with Gasteiger partial charge in [-0.05, 0) is 26.6 Å². The average Bonchev–Trinajstić information content (AvgIpc) is 2.42. The van der Waals surface area contributed by atoms with E-state index in [1.807, 2.05) is 26.2 Å². The van der Waals surface area contributed by atoms with Gasteiger partial charge in [-0.1, -0.05) is 0 Å². The molecule has 0 N–H and O–H groups in total. The zero-order valence-electron chi connectivity index (χ0n) is 11.5. The summed E-state index contributed by atoms with van der Waals surface area (Å²) in [5.41, 5.74) is 0.748. The van der Waals surface area contributed by atoms with Gasteiger partial charge < -0.3 is 14.4 Å². The Bertz CT molecular complexity index is 543. The van der Waals surface area contributed by atoms with Gasteiger partial charge in [-0.3, -0.25) is 0 Å². The van der Waals surface area contributed by atoms with E-state index in [1.165, 1.54) is 6.33 Å². The Morgan fingerprint density at radius 3 is 2.89 bits per heavy atom. The number of fused-ring (bicyclic) bond motifs is 1. The summed E-state index contributed by atoms with van der Waals surface area (Å²) in [6.45, 7) is 1.67. The van der Waals surface area contributed by atoms with Crippen LogP contribution in [-0.4, -0.2) is 49.2 Å². The third kappa shape index (κ3) is 3.54. The van der Waals surface area contributed by atoms with Crippen molar-refractivity contribution >= 4 is 10.9 Å². The van der Waals surface area contributed by atoms with Crippen molar-refractivity contribution in [2.45, 2.75) is 6.42 Å². The molecule has 0 aliphatic heterocycles. The third-order valence-electron chi connectivity index (χ3n) is 2.72. The molecule has 1 heterocycles. The van der Waals surface area contributed by atoms with E-state index in [0.717, 1.165) is 29.6 Å². The van der Waals surface area contributed by atoms with Gasteiger partial charge in [0.05, 0.1) is 13.7 Å². The molecule has 5 heteroatoms. The second-order valence-corrected chi connectivity index (χ2v) is 4.51. The Hall–Kier alpha value is -1.88. The average molecular weight is 260 g/mol. The number of ether oxygens (including phenoxy) is 2. The standard InChI is InChI=1S/C14H18N3O2/c1-17(2)5-4-6-19-12-7-11-9-15-10-16-14(11)13(8-12)18-3/h7-8,10H,4-6H2,1-3H3. The van der Waals surface area contributed by atoms with E-state index in [1.54, 1.807) is 7.11 Å². The van der Waals surface area contributed by atoms with Crippen LogP contribution in [0.25, 0.3) is 10.9 Å². The molecule has 0 aliphatic rings. The lowest BCUT2D eigenvalue weighted by Gasteiger charge is -2.12. The van der Waals surface area contributed by atoms with E-state index in [4.69, 9.17) is 9.47 Å². The topological polar surface area (TPSA) is 47.5 Å². The number of benzene rings is 1. The number of hydrogen-bond acceptors (Lipinski definition) is 5. The van der Waals surface area contributed by atoms with Gasteiger partial charge in [-0.15, -0.1) is 0 Å². The monoisotopic (exact) mass is 260 g/mol. The molecule has 0 bridgehead atoms. The minimum absolute atomic E-state index is 0.667. The smallest absolute Gasteiger partial charge is 0.148 e. The fourth-order valence-electron chi connectivity index (χ4n) is 1.80. The molecule has 0 spiro atoms. The maximum atomic E-state index is 5.72. The van der Waals surface area contributed by atoms with Gasteiger partial charge in [0.25, 0.3) is 0 Å². The van der Waals surface area contributed by atoms with Gasteiger partial charge in [-0.25, -0.2) is 9.97 Å². The van der Waals surface area contributed by atoms with E-state index in [-0.39, 0.29) is 0 Å². The van der Waals surface area contributed by atoms with Crippen molar-refractivity contribution < 1.29 is 9.47 Å². The highest BCUT2D eigenvalue weighted by Crippen LogP contribution is 2.28. The van der Waals surface area contributed by atoms with E-state index >= 15 is 0 Å². The molecule has 0 unspecified atom stereocenters. The molecular weight excluding hydrogens is 242 g/mol. The second kappa shape index (κ2) is 6.33. The minimum atomic E-state index is 0.667. The molecular formula is C14H18N3O2.